The number of carboxylic acid groups (broad SMARTS) is 1. The van der Waals surface area contributed by atoms with Crippen LogP contribution in [0.5, 0.6) is 0 Å². The maximum Gasteiger partial charge on any atom is 0.329 e. The van der Waals surface area contributed by atoms with Crippen LogP contribution in [0.15, 0.2) is 30.3 Å². The first-order valence-electron chi connectivity index (χ1n) is 6.56. The van der Waals surface area contributed by atoms with Crippen LogP contribution in [-0.4, -0.2) is 22.5 Å². The maximum absolute atomic E-state index is 12.4. The molecule has 4 nitrogen and oxygen atoms in total. The Morgan fingerprint density at radius 3 is 2.32 bits per heavy atom. The number of hydrogen-bond donors (Lipinski definition) is 2. The highest BCUT2D eigenvalue weighted by Gasteiger charge is 2.53. The molecule has 1 atom stereocenters. The normalized spacial score (nSPS) is 19.3. The van der Waals surface area contributed by atoms with E-state index in [1.165, 1.54) is 0 Å². The third kappa shape index (κ3) is 2.35. The van der Waals surface area contributed by atoms with E-state index in [0.717, 1.165) is 18.4 Å². The van der Waals surface area contributed by atoms with Gasteiger partial charge >= 0.3 is 5.97 Å². The largest absolute Gasteiger partial charge is 0.480 e. The fourth-order valence-electron chi connectivity index (χ4n) is 2.19. The maximum atomic E-state index is 12.4. The molecule has 0 saturated heterocycles. The highest BCUT2D eigenvalue weighted by molar-refractivity contribution is 5.95. The minimum atomic E-state index is -1.19. The highest BCUT2D eigenvalue weighted by atomic mass is 16.4. The van der Waals surface area contributed by atoms with Crippen molar-refractivity contribution < 1.29 is 14.7 Å². The lowest BCUT2D eigenvalue weighted by atomic mass is 9.92. The Hall–Kier alpha value is -1.84. The van der Waals surface area contributed by atoms with Crippen LogP contribution in [0.25, 0.3) is 0 Å². The monoisotopic (exact) mass is 261 g/mol. The summed E-state index contributed by atoms with van der Waals surface area (Å²) in [6.07, 6.45) is 1.92. The van der Waals surface area contributed by atoms with Gasteiger partial charge in [0.05, 0.1) is 5.41 Å². The van der Waals surface area contributed by atoms with Crippen molar-refractivity contribution >= 4 is 11.9 Å². The van der Waals surface area contributed by atoms with Gasteiger partial charge in [0.2, 0.25) is 5.91 Å². The predicted molar refractivity (Wildman–Crippen MR) is 71.8 cm³/mol. The number of benzene rings is 1. The summed E-state index contributed by atoms with van der Waals surface area (Å²) in [6.45, 7) is 3.31. The second-order valence-electron chi connectivity index (χ2n) is 5.39. The minimum absolute atomic E-state index is 0.176. The second kappa shape index (κ2) is 4.68. The number of aliphatic carboxylic acids is 1. The number of carboxylic acids is 1. The average molecular weight is 261 g/mol. The van der Waals surface area contributed by atoms with Crippen molar-refractivity contribution in [3.05, 3.63) is 35.9 Å². The molecule has 19 heavy (non-hydrogen) atoms. The van der Waals surface area contributed by atoms with Gasteiger partial charge in [0, 0.05) is 0 Å². The van der Waals surface area contributed by atoms with Crippen LogP contribution in [0.2, 0.25) is 0 Å². The SMILES string of the molecule is CCC(C)(NC(=O)C1(c2ccccc2)CC1)C(=O)O. The fraction of sp³-hybridized carbons (Fsp3) is 0.467. The molecule has 0 radical (unpaired) electrons. The first-order valence-corrected chi connectivity index (χ1v) is 6.56. The molecule has 1 aliphatic carbocycles. The summed E-state index contributed by atoms with van der Waals surface area (Å²) in [5.74, 6) is -1.17. The lowest BCUT2D eigenvalue weighted by Crippen LogP contribution is -2.54. The van der Waals surface area contributed by atoms with E-state index in [0.29, 0.717) is 6.42 Å². The quantitative estimate of drug-likeness (QED) is 0.853. The van der Waals surface area contributed by atoms with Gasteiger partial charge in [0.15, 0.2) is 0 Å². The van der Waals surface area contributed by atoms with Crippen molar-refractivity contribution in [2.75, 3.05) is 0 Å². The molecule has 1 aromatic carbocycles. The lowest BCUT2D eigenvalue weighted by molar-refractivity contribution is -0.147. The van der Waals surface area contributed by atoms with Crippen molar-refractivity contribution in [3.63, 3.8) is 0 Å². The molecule has 1 amide bonds. The van der Waals surface area contributed by atoms with Gasteiger partial charge in [-0.15, -0.1) is 0 Å². The average Bonchev–Trinajstić information content (AvgIpc) is 3.21. The van der Waals surface area contributed by atoms with Crippen LogP contribution in [-0.2, 0) is 15.0 Å². The third-order valence-electron chi connectivity index (χ3n) is 4.08. The van der Waals surface area contributed by atoms with Gasteiger partial charge in [0.25, 0.3) is 0 Å². The van der Waals surface area contributed by atoms with Gasteiger partial charge in [-0.05, 0) is 31.7 Å². The van der Waals surface area contributed by atoms with E-state index in [1.54, 1.807) is 13.8 Å². The van der Waals surface area contributed by atoms with E-state index in [1.807, 2.05) is 30.3 Å². The summed E-state index contributed by atoms with van der Waals surface area (Å²) < 4.78 is 0. The van der Waals surface area contributed by atoms with Crippen LogP contribution < -0.4 is 5.32 Å². The Balaban J connectivity index is 2.19. The summed E-state index contributed by atoms with van der Waals surface area (Å²) in [4.78, 5) is 23.7. The van der Waals surface area contributed by atoms with Crippen molar-refractivity contribution in [2.24, 2.45) is 0 Å². The standard InChI is InChI=1S/C15H19NO3/c1-3-14(2,13(18)19)16-12(17)15(9-10-15)11-7-5-4-6-8-11/h4-8H,3,9-10H2,1-2H3,(H,16,17)(H,18,19). The Morgan fingerprint density at radius 2 is 1.89 bits per heavy atom. The zero-order valence-electron chi connectivity index (χ0n) is 11.3. The first kappa shape index (κ1) is 13.6. The number of hydrogen-bond acceptors (Lipinski definition) is 2. The van der Waals surface area contributed by atoms with Crippen molar-refractivity contribution in [3.8, 4) is 0 Å². The Morgan fingerprint density at radius 1 is 1.32 bits per heavy atom. The van der Waals surface area contributed by atoms with Crippen molar-refractivity contribution in [1.29, 1.82) is 0 Å². The van der Waals surface area contributed by atoms with Gasteiger partial charge < -0.3 is 10.4 Å². The lowest BCUT2D eigenvalue weighted by Gasteiger charge is -2.27. The zero-order valence-corrected chi connectivity index (χ0v) is 11.3. The smallest absolute Gasteiger partial charge is 0.329 e. The van der Waals surface area contributed by atoms with Crippen molar-refractivity contribution in [1.82, 2.24) is 5.32 Å². The number of amides is 1. The molecule has 4 heteroatoms. The number of nitrogens with one attached hydrogen (secondary N) is 1. The van der Waals surface area contributed by atoms with Gasteiger partial charge in [-0.1, -0.05) is 37.3 Å². The fourth-order valence-corrected chi connectivity index (χ4v) is 2.19. The Kier molecular flexibility index (Phi) is 3.35. The van der Waals surface area contributed by atoms with E-state index < -0.39 is 16.9 Å². The molecule has 0 spiro atoms. The summed E-state index contributed by atoms with van der Waals surface area (Å²) in [5, 5.41) is 11.9. The van der Waals surface area contributed by atoms with Crippen LogP contribution >= 0.6 is 0 Å². The molecule has 1 aromatic rings. The summed E-state index contributed by atoms with van der Waals surface area (Å²) in [5.41, 5.74) is -0.745. The predicted octanol–water partition coefficient (Wildman–Crippen LogP) is 2.09. The molecule has 1 saturated carbocycles. The molecule has 1 unspecified atom stereocenters. The van der Waals surface area contributed by atoms with Crippen molar-refractivity contribution in [2.45, 2.75) is 44.1 Å². The van der Waals surface area contributed by atoms with Gasteiger partial charge in [0.1, 0.15) is 5.54 Å². The topological polar surface area (TPSA) is 66.4 Å². The number of rotatable bonds is 5. The third-order valence-corrected chi connectivity index (χ3v) is 4.08. The molecular weight excluding hydrogens is 242 g/mol. The molecule has 2 N–H and O–H groups in total. The summed E-state index contributed by atoms with van der Waals surface area (Å²) in [6, 6.07) is 9.57. The van der Waals surface area contributed by atoms with Crippen LogP contribution in [0, 0.1) is 0 Å². The molecular formula is C15H19NO3. The Labute approximate surface area is 112 Å². The number of carbonyl (C=O) groups is 2. The van der Waals surface area contributed by atoms with Crippen LogP contribution in [0.1, 0.15) is 38.7 Å². The molecule has 0 bridgehead atoms. The molecule has 0 aromatic heterocycles. The van der Waals surface area contributed by atoms with Gasteiger partial charge in [-0.25, -0.2) is 4.79 Å². The summed E-state index contributed by atoms with van der Waals surface area (Å²) in [7, 11) is 0. The van der Waals surface area contributed by atoms with Crippen LogP contribution in [0.4, 0.5) is 0 Å². The first-order chi connectivity index (χ1) is 8.94. The second-order valence-corrected chi connectivity index (χ2v) is 5.39. The molecule has 102 valence electrons. The molecule has 1 fully saturated rings. The zero-order chi connectivity index (χ0) is 14.1. The van der Waals surface area contributed by atoms with E-state index in [2.05, 4.69) is 5.32 Å². The minimum Gasteiger partial charge on any atom is -0.480 e. The number of carbonyl (C=O) groups excluding carboxylic acids is 1. The van der Waals surface area contributed by atoms with E-state index in [-0.39, 0.29) is 5.91 Å². The molecule has 0 aliphatic heterocycles. The molecule has 0 heterocycles. The van der Waals surface area contributed by atoms with Gasteiger partial charge in [-0.3, -0.25) is 4.79 Å². The summed E-state index contributed by atoms with van der Waals surface area (Å²) >= 11 is 0. The Bertz CT molecular complexity index is 493. The van der Waals surface area contributed by atoms with Gasteiger partial charge in [-0.2, -0.15) is 0 Å². The van der Waals surface area contributed by atoms with E-state index in [9.17, 15) is 14.7 Å². The molecule has 1 aliphatic rings. The van der Waals surface area contributed by atoms with E-state index in [4.69, 9.17) is 0 Å². The van der Waals surface area contributed by atoms with Crippen LogP contribution in [0.3, 0.4) is 0 Å². The molecule has 2 rings (SSSR count). The van der Waals surface area contributed by atoms with E-state index >= 15 is 0 Å². The highest BCUT2D eigenvalue weighted by Crippen LogP contribution is 2.48.